The van der Waals surface area contributed by atoms with E-state index < -0.39 is 0 Å². The molecule has 7 rings (SSSR count). The Kier molecular flexibility index (Phi) is 12.1. The first kappa shape index (κ1) is 36.4. The van der Waals surface area contributed by atoms with Gasteiger partial charge in [-0.15, -0.1) is 40.8 Å². The first-order valence-corrected chi connectivity index (χ1v) is 16.8. The van der Waals surface area contributed by atoms with Crippen molar-refractivity contribution in [2.75, 3.05) is 0 Å². The van der Waals surface area contributed by atoms with Crippen molar-refractivity contribution in [1.29, 1.82) is 0 Å². The van der Waals surface area contributed by atoms with E-state index in [0.29, 0.717) is 23.7 Å². The smallest absolute Gasteiger partial charge is 0.0264 e. The summed E-state index contributed by atoms with van der Waals surface area (Å²) in [6, 6.07) is 26.3. The summed E-state index contributed by atoms with van der Waals surface area (Å²) in [6.45, 7) is 23.3. The van der Waals surface area contributed by atoms with Crippen molar-refractivity contribution in [2.45, 2.75) is 81.1 Å². The summed E-state index contributed by atoms with van der Waals surface area (Å²) >= 11 is 1.55. The van der Waals surface area contributed by atoms with Crippen molar-refractivity contribution in [3.8, 4) is 11.1 Å². The molecule has 0 heterocycles. The van der Waals surface area contributed by atoms with E-state index in [2.05, 4.69) is 142 Å². The van der Waals surface area contributed by atoms with Crippen LogP contribution in [0.2, 0.25) is 0 Å². The van der Waals surface area contributed by atoms with E-state index in [1.165, 1.54) is 52.6 Å². The van der Waals surface area contributed by atoms with Gasteiger partial charge in [-0.3, -0.25) is 0 Å². The topological polar surface area (TPSA) is 0 Å². The number of aryl methyl sites for hydroxylation is 1. The van der Waals surface area contributed by atoms with Crippen LogP contribution in [-0.2, 0) is 24.2 Å². The van der Waals surface area contributed by atoms with Crippen LogP contribution in [0.1, 0.15) is 99.2 Å². The van der Waals surface area contributed by atoms with Gasteiger partial charge in [0.25, 0.3) is 0 Å². The maximum Gasteiger partial charge on any atom is -0.0264 e. The average molecular weight is 701 g/mol. The van der Waals surface area contributed by atoms with Crippen molar-refractivity contribution in [1.82, 2.24) is 0 Å². The van der Waals surface area contributed by atoms with Crippen molar-refractivity contribution in [3.63, 3.8) is 0 Å². The third kappa shape index (κ3) is 6.32. The second-order valence-electron chi connectivity index (χ2n) is 13.0. The van der Waals surface area contributed by atoms with Crippen LogP contribution < -0.4 is 24.8 Å². The van der Waals surface area contributed by atoms with Crippen LogP contribution in [0.3, 0.4) is 0 Å². The van der Waals surface area contributed by atoms with Crippen LogP contribution >= 0.6 is 0 Å². The first-order valence-electron chi connectivity index (χ1n) is 15.6. The van der Waals surface area contributed by atoms with Gasteiger partial charge in [0.15, 0.2) is 0 Å². The maximum atomic E-state index is 2.46. The second kappa shape index (κ2) is 14.6. The number of fused-ring (bicyclic) bond motifs is 9. The fraction of sp³-hybridized carbons (Fsp3) is 0.341. The van der Waals surface area contributed by atoms with Gasteiger partial charge in [-0.1, -0.05) is 99.7 Å². The SMILES string of the molecule is C[C](C)=[Zr+2].Cc1cc2c(c(C)c1C)C(C)c1c3c(c4ccccc4c1-2)C(C)C(C)C(C)[C-]3C.[Cl-].[Cl-].c1ccc2[cH-]ccc2c1. The van der Waals surface area contributed by atoms with Crippen molar-refractivity contribution in [3.05, 3.63) is 118 Å². The number of hydrogen-bond donors (Lipinski definition) is 0. The van der Waals surface area contributed by atoms with Crippen LogP contribution in [0, 0.1) is 38.5 Å². The molecule has 230 valence electrons. The molecule has 0 N–H and O–H groups in total. The normalized spacial score (nSPS) is 19.3. The molecule has 0 saturated carbocycles. The zero-order valence-corrected chi connectivity index (χ0v) is 32.0. The van der Waals surface area contributed by atoms with E-state index in [0.717, 1.165) is 0 Å². The molecular weight excluding hydrogens is 655 g/mol. The van der Waals surface area contributed by atoms with E-state index in [-0.39, 0.29) is 24.8 Å². The van der Waals surface area contributed by atoms with Gasteiger partial charge in [-0.05, 0) is 59.9 Å². The molecule has 44 heavy (non-hydrogen) atoms. The van der Waals surface area contributed by atoms with Crippen LogP contribution in [0.25, 0.3) is 32.7 Å². The van der Waals surface area contributed by atoms with Gasteiger partial charge in [0, 0.05) is 0 Å². The summed E-state index contributed by atoms with van der Waals surface area (Å²) in [5, 5.41) is 5.59. The Morgan fingerprint density at radius 3 is 2.00 bits per heavy atom. The van der Waals surface area contributed by atoms with Crippen molar-refractivity contribution >= 4 is 24.8 Å². The Bertz CT molecular complexity index is 1760. The third-order valence-corrected chi connectivity index (χ3v) is 10.3. The van der Waals surface area contributed by atoms with Crippen LogP contribution in [0.15, 0.2) is 72.8 Å². The minimum absolute atomic E-state index is 0. The molecule has 0 aliphatic heterocycles. The Labute approximate surface area is 293 Å². The number of rotatable bonds is 0. The van der Waals surface area contributed by atoms with Gasteiger partial charge in [0.05, 0.1) is 0 Å². The molecule has 0 bridgehead atoms. The quantitative estimate of drug-likeness (QED) is 0.186. The summed E-state index contributed by atoms with van der Waals surface area (Å²) in [5.41, 5.74) is 13.7. The fourth-order valence-corrected chi connectivity index (χ4v) is 7.51. The van der Waals surface area contributed by atoms with E-state index in [4.69, 9.17) is 0 Å². The average Bonchev–Trinajstić information content (AvgIpc) is 3.56. The largest absolute Gasteiger partial charge is 1.00 e. The summed E-state index contributed by atoms with van der Waals surface area (Å²) in [5.74, 6) is 3.94. The van der Waals surface area contributed by atoms with Crippen LogP contribution in [-0.4, -0.2) is 3.21 Å². The molecule has 5 aromatic rings. The molecule has 0 fully saturated rings. The zero-order valence-electron chi connectivity index (χ0n) is 28.0. The molecule has 0 radical (unpaired) electrons. The minimum Gasteiger partial charge on any atom is -1.00 e. The van der Waals surface area contributed by atoms with Gasteiger partial charge in [-0.2, -0.15) is 29.0 Å². The van der Waals surface area contributed by atoms with Crippen LogP contribution in [0.4, 0.5) is 0 Å². The van der Waals surface area contributed by atoms with Gasteiger partial charge < -0.3 is 24.8 Å². The Morgan fingerprint density at radius 1 is 0.773 bits per heavy atom. The van der Waals surface area contributed by atoms with E-state index in [9.17, 15) is 0 Å². The molecule has 5 aromatic carbocycles. The minimum atomic E-state index is 0. The van der Waals surface area contributed by atoms with Gasteiger partial charge in [0.1, 0.15) is 0 Å². The molecule has 0 saturated heterocycles. The zero-order chi connectivity index (χ0) is 30.5. The molecule has 0 aromatic heterocycles. The predicted octanol–water partition coefficient (Wildman–Crippen LogP) is 5.54. The molecule has 2 aliphatic carbocycles. The first-order chi connectivity index (χ1) is 20.0. The number of hydrogen-bond acceptors (Lipinski definition) is 0. The molecule has 3 heteroatoms. The molecule has 0 spiro atoms. The number of benzene rings is 4. The van der Waals surface area contributed by atoms with Gasteiger partial charge in [-0.25, -0.2) is 0 Å². The molecular formula is C41H46Cl2Zr-2. The standard InChI is InChI=1S/C29H33.C9H7.C3H6.2ClH.Zr/c1-14-13-24-25(18(5)15(14)2)21(8)28-27-20(7)17(4)16(3)19(6)26(27)22-11-9-10-12-23(22)29(24)28;1-2-5-9-7-3-6-8(9)4-1;1-3-2;;;/h9-13,16-17,19,21H,1-8H3;1-7H;1-2H3;2*1H;/q2*-1;;;;+2/p-2. The summed E-state index contributed by atoms with van der Waals surface area (Å²) in [4.78, 5) is 0. The van der Waals surface area contributed by atoms with Crippen molar-refractivity contribution < 1.29 is 49.0 Å². The Morgan fingerprint density at radius 2 is 1.36 bits per heavy atom. The molecule has 0 nitrogen and oxygen atoms in total. The predicted molar refractivity (Wildman–Crippen MR) is 182 cm³/mol. The van der Waals surface area contributed by atoms with Crippen LogP contribution in [0.5, 0.6) is 0 Å². The maximum absolute atomic E-state index is 2.46. The molecule has 4 atom stereocenters. The molecule has 0 amide bonds. The number of halogens is 2. The summed E-state index contributed by atoms with van der Waals surface area (Å²) in [6.07, 6.45) is 0. The van der Waals surface area contributed by atoms with E-state index in [1.54, 1.807) is 52.4 Å². The third-order valence-electron chi connectivity index (χ3n) is 10.3. The Hall–Kier alpha value is -2.05. The summed E-state index contributed by atoms with van der Waals surface area (Å²) in [7, 11) is 0. The van der Waals surface area contributed by atoms with Crippen molar-refractivity contribution in [2.24, 2.45) is 11.8 Å². The Balaban J connectivity index is 0.000000294. The second-order valence-corrected chi connectivity index (χ2v) is 15.5. The summed E-state index contributed by atoms with van der Waals surface area (Å²) < 4.78 is 1.51. The van der Waals surface area contributed by atoms with E-state index >= 15 is 0 Å². The monoisotopic (exact) mass is 698 g/mol. The van der Waals surface area contributed by atoms with Gasteiger partial charge in [0.2, 0.25) is 0 Å². The van der Waals surface area contributed by atoms with E-state index in [1.807, 2.05) is 0 Å². The fourth-order valence-electron chi connectivity index (χ4n) is 7.51. The molecule has 2 aliphatic rings. The molecule has 4 unspecified atom stereocenters. The van der Waals surface area contributed by atoms with Gasteiger partial charge >= 0.3 is 41.3 Å².